The number of rotatable bonds is 5. The van der Waals surface area contributed by atoms with Crippen molar-refractivity contribution >= 4 is 0 Å². The Hall–Kier alpha value is -1.84. The Morgan fingerprint density at radius 1 is 0.920 bits per heavy atom. The van der Waals surface area contributed by atoms with Crippen LogP contribution in [0.5, 0.6) is 5.75 Å². The van der Waals surface area contributed by atoms with Crippen LogP contribution in [-0.2, 0) is 6.42 Å². The van der Waals surface area contributed by atoms with Crippen molar-refractivity contribution in [2.75, 3.05) is 19.6 Å². The van der Waals surface area contributed by atoms with Gasteiger partial charge in [-0.05, 0) is 60.3 Å². The van der Waals surface area contributed by atoms with Crippen molar-refractivity contribution in [2.24, 2.45) is 17.8 Å². The fraction of sp³-hybridized carbons (Fsp3) is 0.455. The third-order valence-corrected chi connectivity index (χ3v) is 6.00. The Balaban J connectivity index is 1.28. The summed E-state index contributed by atoms with van der Waals surface area (Å²) in [4.78, 5) is 2.42. The van der Waals surface area contributed by atoms with E-state index < -0.39 is 6.10 Å². The molecule has 0 amide bonds. The van der Waals surface area contributed by atoms with Gasteiger partial charge in [-0.2, -0.15) is 0 Å². The predicted molar refractivity (Wildman–Crippen MR) is 99.4 cm³/mol. The molecule has 2 aromatic carbocycles. The van der Waals surface area contributed by atoms with E-state index in [0.29, 0.717) is 6.54 Å². The van der Waals surface area contributed by atoms with Crippen LogP contribution in [0.25, 0.3) is 0 Å². The van der Waals surface area contributed by atoms with Gasteiger partial charge in [-0.25, -0.2) is 0 Å². The van der Waals surface area contributed by atoms with Gasteiger partial charge in [0.1, 0.15) is 5.75 Å². The third kappa shape index (κ3) is 3.88. The maximum Gasteiger partial charge on any atom is 0.115 e. The summed E-state index contributed by atoms with van der Waals surface area (Å²) < 4.78 is 0. The van der Waals surface area contributed by atoms with Crippen molar-refractivity contribution in [1.29, 1.82) is 0 Å². The molecule has 2 aliphatic rings. The van der Waals surface area contributed by atoms with Gasteiger partial charge in [0.15, 0.2) is 0 Å². The highest BCUT2D eigenvalue weighted by molar-refractivity contribution is 5.27. The summed E-state index contributed by atoms with van der Waals surface area (Å²) in [6.07, 6.45) is 3.39. The molecule has 1 saturated carbocycles. The molecule has 2 aromatic rings. The lowest BCUT2D eigenvalue weighted by Gasteiger charge is -2.22. The van der Waals surface area contributed by atoms with Crippen molar-refractivity contribution in [2.45, 2.75) is 25.4 Å². The molecule has 0 spiro atoms. The highest BCUT2D eigenvalue weighted by atomic mass is 16.3. The molecule has 25 heavy (non-hydrogen) atoms. The predicted octanol–water partition coefficient (Wildman–Crippen LogP) is 3.63. The van der Waals surface area contributed by atoms with Crippen LogP contribution in [0.15, 0.2) is 54.6 Å². The normalized spacial score (nSPS) is 25.2. The van der Waals surface area contributed by atoms with Crippen molar-refractivity contribution in [3.8, 4) is 5.75 Å². The van der Waals surface area contributed by atoms with Gasteiger partial charge in [-0.1, -0.05) is 42.5 Å². The topological polar surface area (TPSA) is 43.7 Å². The van der Waals surface area contributed by atoms with E-state index in [1.165, 1.54) is 24.8 Å². The second-order valence-corrected chi connectivity index (χ2v) is 7.87. The zero-order chi connectivity index (χ0) is 17.2. The lowest BCUT2D eigenvalue weighted by molar-refractivity contribution is 0.120. The Kier molecular flexibility index (Phi) is 4.78. The van der Waals surface area contributed by atoms with Crippen LogP contribution in [0.3, 0.4) is 0 Å². The Morgan fingerprint density at radius 2 is 1.56 bits per heavy atom. The van der Waals surface area contributed by atoms with Crippen molar-refractivity contribution in [3.05, 3.63) is 65.7 Å². The quantitative estimate of drug-likeness (QED) is 0.876. The summed E-state index contributed by atoms with van der Waals surface area (Å²) in [5.41, 5.74) is 2.35. The van der Waals surface area contributed by atoms with Crippen molar-refractivity contribution < 1.29 is 10.2 Å². The zero-order valence-electron chi connectivity index (χ0n) is 14.6. The van der Waals surface area contributed by atoms with E-state index in [2.05, 4.69) is 35.2 Å². The molecule has 3 nitrogen and oxygen atoms in total. The maximum atomic E-state index is 10.5. The number of phenols is 1. The van der Waals surface area contributed by atoms with Gasteiger partial charge in [-0.3, -0.25) is 4.90 Å². The van der Waals surface area contributed by atoms with Gasteiger partial charge in [0.2, 0.25) is 0 Å². The second kappa shape index (κ2) is 7.19. The maximum absolute atomic E-state index is 10.5. The van der Waals surface area contributed by atoms with E-state index in [1.807, 2.05) is 12.1 Å². The monoisotopic (exact) mass is 337 g/mol. The number of phenolic OH excluding ortho intramolecular Hbond substituents is 1. The van der Waals surface area contributed by atoms with Gasteiger partial charge in [-0.15, -0.1) is 0 Å². The van der Waals surface area contributed by atoms with Gasteiger partial charge in [0.05, 0.1) is 6.10 Å². The molecule has 1 saturated heterocycles. The number of nitrogens with zero attached hydrogens (tertiary/aromatic N) is 1. The number of benzene rings is 2. The first-order chi connectivity index (χ1) is 12.2. The molecule has 1 heterocycles. The first-order valence-corrected chi connectivity index (χ1v) is 9.40. The molecule has 2 fully saturated rings. The van der Waals surface area contributed by atoms with E-state index in [1.54, 1.807) is 12.1 Å². The molecule has 1 aliphatic heterocycles. The molecule has 3 atom stereocenters. The molecule has 0 aromatic heterocycles. The number of hydrogen-bond acceptors (Lipinski definition) is 3. The van der Waals surface area contributed by atoms with Gasteiger partial charge >= 0.3 is 0 Å². The molecular formula is C22H27NO2. The van der Waals surface area contributed by atoms with E-state index >= 15 is 0 Å². The molecule has 132 valence electrons. The van der Waals surface area contributed by atoms with Crippen LogP contribution in [0.4, 0.5) is 0 Å². The standard InChI is InChI=1S/C22H27NO2/c24-21-8-6-18(7-9-21)22(25)15-23-13-19-11-17(12-20(19)14-23)10-16-4-2-1-3-5-16/h1-9,17,19-20,22,24-25H,10-15H2/t19-,20-,22?/m1/s1. The summed E-state index contributed by atoms with van der Waals surface area (Å²) in [5, 5.41) is 19.8. The highest BCUT2D eigenvalue weighted by Crippen LogP contribution is 2.43. The van der Waals surface area contributed by atoms with Crippen molar-refractivity contribution in [1.82, 2.24) is 4.90 Å². The molecule has 0 radical (unpaired) electrons. The minimum atomic E-state index is -0.473. The Morgan fingerprint density at radius 3 is 2.20 bits per heavy atom. The fourth-order valence-corrected chi connectivity index (χ4v) is 4.83. The second-order valence-electron chi connectivity index (χ2n) is 7.87. The van der Waals surface area contributed by atoms with Gasteiger partial charge < -0.3 is 10.2 Å². The smallest absolute Gasteiger partial charge is 0.115 e. The van der Waals surface area contributed by atoms with Crippen LogP contribution in [-0.4, -0.2) is 34.7 Å². The van der Waals surface area contributed by atoms with Crippen LogP contribution in [0.1, 0.15) is 30.1 Å². The molecular weight excluding hydrogens is 310 g/mol. The highest BCUT2D eigenvalue weighted by Gasteiger charge is 2.40. The average Bonchev–Trinajstić information content (AvgIpc) is 3.14. The van der Waals surface area contributed by atoms with E-state index in [9.17, 15) is 10.2 Å². The summed E-state index contributed by atoms with van der Waals surface area (Å²) in [5.74, 6) is 2.65. The van der Waals surface area contributed by atoms with Gasteiger partial charge in [0.25, 0.3) is 0 Å². The number of fused-ring (bicyclic) bond motifs is 1. The average molecular weight is 337 g/mol. The van der Waals surface area contributed by atoms with Crippen LogP contribution >= 0.6 is 0 Å². The number of aromatic hydroxyl groups is 1. The summed E-state index contributed by atoms with van der Waals surface area (Å²) >= 11 is 0. The summed E-state index contributed by atoms with van der Waals surface area (Å²) in [6.45, 7) is 2.93. The SMILES string of the molecule is Oc1ccc(C(O)CN2C[C@H]3CC(Cc4ccccc4)C[C@@H]3C2)cc1. The van der Waals surface area contributed by atoms with Crippen LogP contribution < -0.4 is 0 Å². The van der Waals surface area contributed by atoms with E-state index in [0.717, 1.165) is 36.4 Å². The molecule has 1 aliphatic carbocycles. The number of β-amino-alcohol motifs (C(OH)–C–C–N with tert-alkyl or cyclic N) is 1. The molecule has 2 N–H and O–H groups in total. The number of likely N-dealkylation sites (tertiary alicyclic amines) is 1. The Labute approximate surface area is 149 Å². The van der Waals surface area contributed by atoms with E-state index in [-0.39, 0.29) is 5.75 Å². The number of aliphatic hydroxyl groups excluding tert-OH is 1. The summed E-state index contributed by atoms with van der Waals surface area (Å²) in [6, 6.07) is 17.8. The minimum absolute atomic E-state index is 0.246. The first kappa shape index (κ1) is 16.6. The Bertz CT molecular complexity index is 671. The minimum Gasteiger partial charge on any atom is -0.508 e. The van der Waals surface area contributed by atoms with Crippen molar-refractivity contribution in [3.63, 3.8) is 0 Å². The lowest BCUT2D eigenvalue weighted by atomic mass is 9.96. The van der Waals surface area contributed by atoms with Crippen LogP contribution in [0, 0.1) is 17.8 Å². The number of hydrogen-bond donors (Lipinski definition) is 2. The molecule has 3 heteroatoms. The third-order valence-electron chi connectivity index (χ3n) is 6.00. The van der Waals surface area contributed by atoms with Gasteiger partial charge in [0, 0.05) is 19.6 Å². The van der Waals surface area contributed by atoms with E-state index in [4.69, 9.17) is 0 Å². The number of aliphatic hydroxyl groups is 1. The summed E-state index contributed by atoms with van der Waals surface area (Å²) in [7, 11) is 0. The molecule has 1 unspecified atom stereocenters. The zero-order valence-corrected chi connectivity index (χ0v) is 14.6. The molecule has 0 bridgehead atoms. The lowest BCUT2D eigenvalue weighted by Crippen LogP contribution is -2.28. The molecule has 4 rings (SSSR count). The van der Waals surface area contributed by atoms with Crippen LogP contribution in [0.2, 0.25) is 0 Å². The fourth-order valence-electron chi connectivity index (χ4n) is 4.83. The first-order valence-electron chi connectivity index (χ1n) is 9.40. The largest absolute Gasteiger partial charge is 0.508 e.